The second-order valence-corrected chi connectivity index (χ2v) is 5.21. The Bertz CT molecular complexity index is 699. The summed E-state index contributed by atoms with van der Waals surface area (Å²) >= 11 is 0. The van der Waals surface area contributed by atoms with Crippen LogP contribution in [0.25, 0.3) is 10.9 Å². The number of hydrogen-bond acceptors (Lipinski definition) is 4. The van der Waals surface area contributed by atoms with E-state index < -0.39 is 23.0 Å². The number of benzene rings is 1. The highest BCUT2D eigenvalue weighted by Crippen LogP contribution is 2.30. The zero-order valence-electron chi connectivity index (χ0n) is 11.0. The molecule has 1 aromatic heterocycles. The first-order valence-electron chi connectivity index (χ1n) is 5.77. The Morgan fingerprint density at radius 1 is 1.20 bits per heavy atom. The largest absolute Gasteiger partial charge is 0.444 e. The lowest BCUT2D eigenvalue weighted by Crippen LogP contribution is -2.24. The van der Waals surface area contributed by atoms with Crippen LogP contribution in [-0.2, 0) is 6.18 Å². The van der Waals surface area contributed by atoms with Crippen molar-refractivity contribution in [1.82, 2.24) is 4.98 Å². The Hall–Kier alpha value is -2.05. The molecule has 108 valence electrons. The summed E-state index contributed by atoms with van der Waals surface area (Å²) in [6.07, 6.45) is -4.80. The van der Waals surface area contributed by atoms with Crippen LogP contribution < -0.4 is 10.4 Å². The second-order valence-electron chi connectivity index (χ2n) is 5.21. The highest BCUT2D eigenvalue weighted by molar-refractivity contribution is 5.78. The fourth-order valence-electron chi connectivity index (χ4n) is 1.53. The Morgan fingerprint density at radius 2 is 1.85 bits per heavy atom. The maximum absolute atomic E-state index is 12.6. The molecule has 0 radical (unpaired) electrons. The Morgan fingerprint density at radius 3 is 2.40 bits per heavy atom. The molecule has 7 heteroatoms. The lowest BCUT2D eigenvalue weighted by Gasteiger charge is -2.18. The number of alkyl halides is 3. The van der Waals surface area contributed by atoms with E-state index in [0.717, 1.165) is 18.2 Å². The summed E-state index contributed by atoms with van der Waals surface area (Å²) in [6.45, 7) is 5.18. The lowest BCUT2D eigenvalue weighted by molar-refractivity contribution is -0.137. The van der Waals surface area contributed by atoms with Gasteiger partial charge < -0.3 is 9.15 Å². The molecule has 2 aromatic rings. The number of fused-ring (bicyclic) bond motifs is 1. The van der Waals surface area contributed by atoms with Crippen molar-refractivity contribution < 1.29 is 22.3 Å². The van der Waals surface area contributed by atoms with Gasteiger partial charge in [0.2, 0.25) is 0 Å². The maximum atomic E-state index is 12.6. The zero-order chi connectivity index (χ0) is 15.1. The predicted molar refractivity (Wildman–Crippen MR) is 65.7 cm³/mol. The van der Waals surface area contributed by atoms with Gasteiger partial charge in [-0.1, -0.05) is 0 Å². The molecule has 4 nitrogen and oxygen atoms in total. The van der Waals surface area contributed by atoms with Gasteiger partial charge in [0.15, 0.2) is 0 Å². The minimum absolute atomic E-state index is 0.0912. The van der Waals surface area contributed by atoms with Gasteiger partial charge in [-0.05, 0) is 39.0 Å². The van der Waals surface area contributed by atoms with Gasteiger partial charge in [0.25, 0.3) is 0 Å². The summed E-state index contributed by atoms with van der Waals surface area (Å²) in [4.78, 5) is 15.6. The number of nitrogens with zero attached hydrogens (tertiary/aromatic N) is 1. The van der Waals surface area contributed by atoms with Crippen molar-refractivity contribution in [3.63, 3.8) is 0 Å². The molecule has 0 N–H and O–H groups in total. The number of halogens is 3. The molecule has 0 saturated heterocycles. The second kappa shape index (κ2) is 4.50. The quantitative estimate of drug-likeness (QED) is 0.806. The number of rotatable bonds is 1. The van der Waals surface area contributed by atoms with Crippen LogP contribution in [0.2, 0.25) is 0 Å². The zero-order valence-corrected chi connectivity index (χ0v) is 11.0. The molecule has 2 rings (SSSR count). The third-order valence-corrected chi connectivity index (χ3v) is 2.33. The molecule has 0 amide bonds. The molecule has 0 spiro atoms. The Kier molecular flexibility index (Phi) is 3.23. The average molecular weight is 287 g/mol. The van der Waals surface area contributed by atoms with E-state index in [1.165, 1.54) is 0 Å². The van der Waals surface area contributed by atoms with E-state index >= 15 is 0 Å². The first kappa shape index (κ1) is 14.4. The van der Waals surface area contributed by atoms with Crippen molar-refractivity contribution in [3.8, 4) is 6.08 Å². The molecular formula is C13H12F3NO3. The number of aromatic nitrogens is 1. The third-order valence-electron chi connectivity index (χ3n) is 2.33. The fraction of sp³-hybridized carbons (Fsp3) is 0.385. The van der Waals surface area contributed by atoms with E-state index in [4.69, 9.17) is 9.15 Å². The first-order chi connectivity index (χ1) is 9.06. The predicted octanol–water partition coefficient (Wildman–Crippen LogP) is 3.38. The lowest BCUT2D eigenvalue weighted by atomic mass is 10.1. The SMILES string of the molecule is CC(C)(C)Oc1nc2ccc(C(F)(F)F)cc2c(=O)o1. The molecule has 0 fully saturated rings. The van der Waals surface area contributed by atoms with Gasteiger partial charge in [-0.25, -0.2) is 4.79 Å². The van der Waals surface area contributed by atoms with Gasteiger partial charge in [0.1, 0.15) is 5.60 Å². The van der Waals surface area contributed by atoms with Crippen LogP contribution in [0.3, 0.4) is 0 Å². The molecule has 1 heterocycles. The Balaban J connectivity index is 2.56. The van der Waals surface area contributed by atoms with Crippen molar-refractivity contribution in [1.29, 1.82) is 0 Å². The van der Waals surface area contributed by atoms with Crippen LogP contribution in [0.5, 0.6) is 6.08 Å². The van der Waals surface area contributed by atoms with E-state index in [1.807, 2.05) is 0 Å². The number of ether oxygens (including phenoxy) is 1. The monoisotopic (exact) mass is 287 g/mol. The van der Waals surface area contributed by atoms with Gasteiger partial charge in [-0.2, -0.15) is 18.2 Å². The van der Waals surface area contributed by atoms with Crippen LogP contribution in [0.4, 0.5) is 13.2 Å². The van der Waals surface area contributed by atoms with E-state index in [1.54, 1.807) is 20.8 Å². The molecule has 0 aliphatic rings. The molecular weight excluding hydrogens is 275 g/mol. The molecule has 0 saturated carbocycles. The summed E-state index contributed by atoms with van der Waals surface area (Å²) in [7, 11) is 0. The van der Waals surface area contributed by atoms with Gasteiger partial charge in [-0.3, -0.25) is 0 Å². The minimum Gasteiger partial charge on any atom is -0.444 e. The summed E-state index contributed by atoms with van der Waals surface area (Å²) in [6, 6.07) is 2.69. The van der Waals surface area contributed by atoms with E-state index in [9.17, 15) is 18.0 Å². The maximum Gasteiger partial charge on any atom is 0.416 e. The van der Waals surface area contributed by atoms with E-state index in [2.05, 4.69) is 4.98 Å². The standard InChI is InChI=1S/C13H12F3NO3/c1-12(2,3)20-11-17-9-5-4-7(13(14,15)16)6-8(9)10(18)19-11/h4-6H,1-3H3. The van der Waals surface area contributed by atoms with Crippen LogP contribution in [0, 0.1) is 0 Å². The summed E-state index contributed by atoms with van der Waals surface area (Å²) < 4.78 is 47.8. The van der Waals surface area contributed by atoms with Gasteiger partial charge in [0, 0.05) is 0 Å². The molecule has 20 heavy (non-hydrogen) atoms. The van der Waals surface area contributed by atoms with Crippen molar-refractivity contribution in [3.05, 3.63) is 34.2 Å². The van der Waals surface area contributed by atoms with Crippen molar-refractivity contribution in [2.24, 2.45) is 0 Å². The molecule has 1 aromatic carbocycles. The van der Waals surface area contributed by atoms with Crippen LogP contribution >= 0.6 is 0 Å². The summed E-state index contributed by atoms with van der Waals surface area (Å²) in [5.41, 5.74) is -2.39. The highest BCUT2D eigenvalue weighted by atomic mass is 19.4. The average Bonchev–Trinajstić information content (AvgIpc) is 2.24. The van der Waals surface area contributed by atoms with E-state index in [-0.39, 0.29) is 17.0 Å². The molecule has 0 bridgehead atoms. The summed E-state index contributed by atoms with van der Waals surface area (Å²) in [5, 5.41) is -0.235. The van der Waals surface area contributed by atoms with Gasteiger partial charge in [0.05, 0.1) is 16.5 Å². The first-order valence-corrected chi connectivity index (χ1v) is 5.77. The van der Waals surface area contributed by atoms with E-state index in [0.29, 0.717) is 0 Å². The third kappa shape index (κ3) is 3.09. The normalized spacial score (nSPS) is 12.7. The van der Waals surface area contributed by atoms with Crippen LogP contribution in [0.1, 0.15) is 26.3 Å². The van der Waals surface area contributed by atoms with Crippen LogP contribution in [-0.4, -0.2) is 10.6 Å². The topological polar surface area (TPSA) is 52.3 Å². The van der Waals surface area contributed by atoms with Gasteiger partial charge >= 0.3 is 17.9 Å². The van der Waals surface area contributed by atoms with Crippen molar-refractivity contribution in [2.75, 3.05) is 0 Å². The molecule has 0 aliphatic carbocycles. The fourth-order valence-corrected chi connectivity index (χ4v) is 1.53. The smallest absolute Gasteiger partial charge is 0.416 e. The van der Waals surface area contributed by atoms with Crippen molar-refractivity contribution >= 4 is 10.9 Å². The van der Waals surface area contributed by atoms with Crippen LogP contribution in [0.15, 0.2) is 27.4 Å². The molecule has 0 unspecified atom stereocenters. The van der Waals surface area contributed by atoms with Gasteiger partial charge in [-0.15, -0.1) is 0 Å². The van der Waals surface area contributed by atoms with Crippen molar-refractivity contribution in [2.45, 2.75) is 32.5 Å². The molecule has 0 atom stereocenters. The summed E-state index contributed by atoms with van der Waals surface area (Å²) in [5.74, 6) is 0. The minimum atomic E-state index is -4.53. The number of hydrogen-bond donors (Lipinski definition) is 0. The molecule has 0 aliphatic heterocycles. The Labute approximate surface area is 112 Å². The highest BCUT2D eigenvalue weighted by Gasteiger charge is 2.31.